The predicted octanol–water partition coefficient (Wildman–Crippen LogP) is 2.15. The van der Waals surface area contributed by atoms with E-state index in [4.69, 9.17) is 4.52 Å². The highest BCUT2D eigenvalue weighted by molar-refractivity contribution is 5.42. The van der Waals surface area contributed by atoms with Crippen molar-refractivity contribution >= 4 is 11.8 Å². The van der Waals surface area contributed by atoms with Gasteiger partial charge in [-0.1, -0.05) is 19.0 Å². The summed E-state index contributed by atoms with van der Waals surface area (Å²) in [6, 6.07) is 2.29. The molecule has 2 aromatic rings. The molecule has 0 spiro atoms. The Morgan fingerprint density at radius 2 is 2.08 bits per heavy atom. The van der Waals surface area contributed by atoms with E-state index in [-0.39, 0.29) is 5.92 Å². The van der Waals surface area contributed by atoms with E-state index >= 15 is 0 Å². The average molecular weight is 359 g/mol. The summed E-state index contributed by atoms with van der Waals surface area (Å²) in [4.78, 5) is 20.2. The van der Waals surface area contributed by atoms with Gasteiger partial charge in [-0.3, -0.25) is 4.90 Å². The zero-order chi connectivity index (χ0) is 18.7. The van der Waals surface area contributed by atoms with Gasteiger partial charge >= 0.3 is 0 Å². The number of likely N-dealkylation sites (N-methyl/N-ethyl adjacent to an activating group) is 1. The number of hydrogen-bond donors (Lipinski definition) is 0. The zero-order valence-electron chi connectivity index (χ0n) is 16.4. The highest BCUT2D eigenvalue weighted by atomic mass is 16.5. The molecule has 1 saturated heterocycles. The normalized spacial score (nSPS) is 18.3. The van der Waals surface area contributed by atoms with Crippen LogP contribution in [0, 0.1) is 0 Å². The first kappa shape index (κ1) is 18.6. The SMILES string of the molecule is CC(C)c1noc(CN2CCCC(N(C)c3nccc(N(C)C)n3)C2)n1. The summed E-state index contributed by atoms with van der Waals surface area (Å²) < 4.78 is 5.40. The number of hydrogen-bond acceptors (Lipinski definition) is 8. The second kappa shape index (κ2) is 7.99. The highest BCUT2D eigenvalue weighted by Crippen LogP contribution is 2.21. The largest absolute Gasteiger partial charge is 0.363 e. The third-order valence-corrected chi connectivity index (χ3v) is 4.79. The minimum atomic E-state index is 0.286. The van der Waals surface area contributed by atoms with Gasteiger partial charge in [-0.25, -0.2) is 4.98 Å². The first-order valence-corrected chi connectivity index (χ1v) is 9.22. The number of aromatic nitrogens is 4. The fourth-order valence-corrected chi connectivity index (χ4v) is 3.17. The quantitative estimate of drug-likeness (QED) is 0.777. The fourth-order valence-electron chi connectivity index (χ4n) is 3.17. The van der Waals surface area contributed by atoms with Crippen LogP contribution in [0.1, 0.15) is 44.3 Å². The molecule has 0 aromatic carbocycles. The van der Waals surface area contributed by atoms with Crippen molar-refractivity contribution in [2.75, 3.05) is 44.0 Å². The van der Waals surface area contributed by atoms with Crippen LogP contribution in [0.3, 0.4) is 0 Å². The van der Waals surface area contributed by atoms with Crippen molar-refractivity contribution in [3.05, 3.63) is 24.0 Å². The van der Waals surface area contributed by atoms with E-state index < -0.39 is 0 Å². The maximum atomic E-state index is 5.40. The van der Waals surface area contributed by atoms with Gasteiger partial charge in [0.15, 0.2) is 5.82 Å². The summed E-state index contributed by atoms with van der Waals surface area (Å²) in [6.07, 6.45) is 4.08. The lowest BCUT2D eigenvalue weighted by atomic mass is 10.0. The van der Waals surface area contributed by atoms with Crippen LogP contribution in [0.4, 0.5) is 11.8 Å². The topological polar surface area (TPSA) is 74.4 Å². The molecule has 1 unspecified atom stereocenters. The van der Waals surface area contributed by atoms with Crippen molar-refractivity contribution in [3.8, 4) is 0 Å². The van der Waals surface area contributed by atoms with Crippen molar-refractivity contribution < 1.29 is 4.52 Å². The maximum absolute atomic E-state index is 5.40. The second-order valence-electron chi connectivity index (χ2n) is 7.45. The molecule has 8 nitrogen and oxygen atoms in total. The Labute approximate surface area is 155 Å². The van der Waals surface area contributed by atoms with Crippen molar-refractivity contribution in [3.63, 3.8) is 0 Å². The summed E-state index contributed by atoms with van der Waals surface area (Å²) in [5, 5.41) is 4.06. The van der Waals surface area contributed by atoms with Crippen LogP contribution in [-0.4, -0.2) is 65.3 Å². The van der Waals surface area contributed by atoms with E-state index in [0.29, 0.717) is 18.5 Å². The van der Waals surface area contributed by atoms with Gasteiger partial charge < -0.3 is 14.3 Å². The summed E-state index contributed by atoms with van der Waals surface area (Å²) in [5.74, 6) is 3.45. The Hall–Kier alpha value is -2.22. The minimum Gasteiger partial charge on any atom is -0.363 e. The Kier molecular flexibility index (Phi) is 5.70. The molecule has 142 valence electrons. The molecule has 8 heteroatoms. The molecule has 2 aromatic heterocycles. The smallest absolute Gasteiger partial charge is 0.240 e. The summed E-state index contributed by atoms with van der Waals surface area (Å²) >= 11 is 0. The number of rotatable bonds is 6. The lowest BCUT2D eigenvalue weighted by Gasteiger charge is -2.37. The first-order valence-electron chi connectivity index (χ1n) is 9.22. The molecule has 3 heterocycles. The Morgan fingerprint density at radius 3 is 2.77 bits per heavy atom. The number of likely N-dealkylation sites (tertiary alicyclic amines) is 1. The maximum Gasteiger partial charge on any atom is 0.240 e. The molecule has 1 fully saturated rings. The Balaban J connectivity index is 1.64. The highest BCUT2D eigenvalue weighted by Gasteiger charge is 2.26. The van der Waals surface area contributed by atoms with E-state index in [1.54, 1.807) is 0 Å². The molecule has 3 rings (SSSR count). The third kappa shape index (κ3) is 4.30. The lowest BCUT2D eigenvalue weighted by Crippen LogP contribution is -2.46. The molecule has 0 aliphatic carbocycles. The van der Waals surface area contributed by atoms with Gasteiger partial charge in [-0.15, -0.1) is 0 Å². The zero-order valence-corrected chi connectivity index (χ0v) is 16.4. The van der Waals surface area contributed by atoms with Gasteiger partial charge in [0.1, 0.15) is 5.82 Å². The van der Waals surface area contributed by atoms with E-state index in [1.807, 2.05) is 31.3 Å². The van der Waals surface area contributed by atoms with Gasteiger partial charge in [-0.05, 0) is 25.5 Å². The van der Waals surface area contributed by atoms with Crippen LogP contribution in [0.15, 0.2) is 16.8 Å². The molecule has 0 saturated carbocycles. The summed E-state index contributed by atoms with van der Waals surface area (Å²) in [6.45, 7) is 6.82. The molecular weight excluding hydrogens is 330 g/mol. The molecule has 0 N–H and O–H groups in total. The summed E-state index contributed by atoms with van der Waals surface area (Å²) in [7, 11) is 6.06. The fraction of sp³-hybridized carbons (Fsp3) is 0.667. The van der Waals surface area contributed by atoms with E-state index in [1.165, 1.54) is 0 Å². The molecule has 0 bridgehead atoms. The number of nitrogens with zero attached hydrogens (tertiary/aromatic N) is 7. The van der Waals surface area contributed by atoms with Crippen LogP contribution in [0.2, 0.25) is 0 Å². The van der Waals surface area contributed by atoms with Crippen LogP contribution in [0.25, 0.3) is 0 Å². The van der Waals surface area contributed by atoms with Crippen LogP contribution >= 0.6 is 0 Å². The molecule has 1 atom stereocenters. The third-order valence-electron chi connectivity index (χ3n) is 4.79. The van der Waals surface area contributed by atoms with E-state index in [2.05, 4.69) is 50.8 Å². The molecule has 26 heavy (non-hydrogen) atoms. The molecular formula is C18H29N7O. The van der Waals surface area contributed by atoms with Crippen molar-refractivity contribution in [2.45, 2.75) is 45.2 Å². The Bertz CT molecular complexity index is 715. The first-order chi connectivity index (χ1) is 12.4. The molecule has 1 aliphatic rings. The van der Waals surface area contributed by atoms with E-state index in [9.17, 15) is 0 Å². The lowest BCUT2D eigenvalue weighted by molar-refractivity contribution is 0.175. The molecule has 0 amide bonds. The van der Waals surface area contributed by atoms with Gasteiger partial charge in [0.05, 0.1) is 6.54 Å². The standard InChI is InChI=1S/C18H29N7O/c1-13(2)17-21-16(26-22-17)12-25-10-6-7-14(11-25)24(5)18-19-9-8-15(20-18)23(3)4/h8-9,13-14H,6-7,10-12H2,1-5H3. The van der Waals surface area contributed by atoms with Crippen LogP contribution in [0.5, 0.6) is 0 Å². The van der Waals surface area contributed by atoms with Crippen LogP contribution < -0.4 is 9.80 Å². The van der Waals surface area contributed by atoms with Gasteiger partial charge in [-0.2, -0.15) is 9.97 Å². The molecule has 1 aliphatic heterocycles. The van der Waals surface area contributed by atoms with Crippen LogP contribution in [-0.2, 0) is 6.54 Å². The summed E-state index contributed by atoms with van der Waals surface area (Å²) in [5.41, 5.74) is 0. The minimum absolute atomic E-state index is 0.286. The number of anilines is 2. The second-order valence-corrected chi connectivity index (χ2v) is 7.45. The number of piperidine rings is 1. The monoisotopic (exact) mass is 359 g/mol. The van der Waals surface area contributed by atoms with Gasteiger partial charge in [0, 0.05) is 45.8 Å². The van der Waals surface area contributed by atoms with Crippen molar-refractivity contribution in [1.82, 2.24) is 25.0 Å². The van der Waals surface area contributed by atoms with Crippen molar-refractivity contribution in [1.29, 1.82) is 0 Å². The average Bonchev–Trinajstić information content (AvgIpc) is 3.10. The molecule has 0 radical (unpaired) electrons. The van der Waals surface area contributed by atoms with E-state index in [0.717, 1.165) is 43.5 Å². The van der Waals surface area contributed by atoms with Gasteiger partial charge in [0.2, 0.25) is 11.8 Å². The predicted molar refractivity (Wildman–Crippen MR) is 101 cm³/mol. The van der Waals surface area contributed by atoms with Crippen molar-refractivity contribution in [2.24, 2.45) is 0 Å². The van der Waals surface area contributed by atoms with Gasteiger partial charge in [0.25, 0.3) is 0 Å². The Morgan fingerprint density at radius 1 is 1.27 bits per heavy atom.